The number of hydrogen-bond acceptors (Lipinski definition) is 4. The standard InChI is InChI=1S/C21H17ClN2O4S/c22-15-8-4-7-14(11-15)19(26)23-16-12-29-20(18(16)21(27)28)24-17(25)10-9-13-5-2-1-3-6-13/h1-8,11-12H,9-10H2,(H,23,26)(H,24,25)(H,27,28). The van der Waals surface area contributed by atoms with E-state index in [4.69, 9.17) is 11.6 Å². The molecule has 0 aliphatic carbocycles. The summed E-state index contributed by atoms with van der Waals surface area (Å²) in [6.45, 7) is 0. The number of benzene rings is 2. The number of carboxylic acid groups (broad SMARTS) is 1. The van der Waals surface area contributed by atoms with Crippen molar-refractivity contribution in [1.82, 2.24) is 0 Å². The number of aryl methyl sites for hydroxylation is 1. The van der Waals surface area contributed by atoms with Gasteiger partial charge in [0.2, 0.25) is 5.91 Å². The summed E-state index contributed by atoms with van der Waals surface area (Å²) in [6, 6.07) is 15.8. The second-order valence-corrected chi connectivity index (χ2v) is 7.47. The van der Waals surface area contributed by atoms with Gasteiger partial charge >= 0.3 is 5.97 Å². The number of carbonyl (C=O) groups excluding carboxylic acids is 2. The Hall–Kier alpha value is -3.16. The Morgan fingerprint density at radius 2 is 1.76 bits per heavy atom. The minimum atomic E-state index is -1.24. The first kappa shape index (κ1) is 20.6. The number of anilines is 2. The average Bonchev–Trinajstić information content (AvgIpc) is 3.09. The Morgan fingerprint density at radius 3 is 2.45 bits per heavy atom. The van der Waals surface area contributed by atoms with E-state index >= 15 is 0 Å². The van der Waals surface area contributed by atoms with Gasteiger partial charge in [0.25, 0.3) is 5.91 Å². The predicted molar refractivity (Wildman–Crippen MR) is 114 cm³/mol. The summed E-state index contributed by atoms with van der Waals surface area (Å²) in [6.07, 6.45) is 0.754. The summed E-state index contributed by atoms with van der Waals surface area (Å²) in [5, 5.41) is 16.8. The van der Waals surface area contributed by atoms with Crippen molar-refractivity contribution in [1.29, 1.82) is 0 Å². The number of hydrogen-bond donors (Lipinski definition) is 3. The largest absolute Gasteiger partial charge is 0.478 e. The Morgan fingerprint density at radius 1 is 1.00 bits per heavy atom. The van der Waals surface area contributed by atoms with Crippen molar-refractivity contribution < 1.29 is 19.5 Å². The number of thiophene rings is 1. The first-order valence-corrected chi connectivity index (χ1v) is 9.95. The van der Waals surface area contributed by atoms with E-state index in [9.17, 15) is 19.5 Å². The van der Waals surface area contributed by atoms with E-state index in [0.29, 0.717) is 17.0 Å². The maximum absolute atomic E-state index is 12.4. The van der Waals surface area contributed by atoms with Gasteiger partial charge in [-0.25, -0.2) is 4.79 Å². The van der Waals surface area contributed by atoms with E-state index in [1.165, 1.54) is 11.4 Å². The molecule has 3 N–H and O–H groups in total. The summed E-state index contributed by atoms with van der Waals surface area (Å²) in [4.78, 5) is 36.4. The average molecular weight is 429 g/mol. The van der Waals surface area contributed by atoms with Gasteiger partial charge < -0.3 is 15.7 Å². The molecule has 0 saturated carbocycles. The smallest absolute Gasteiger partial charge is 0.340 e. The van der Waals surface area contributed by atoms with Crippen LogP contribution in [0.5, 0.6) is 0 Å². The molecule has 8 heteroatoms. The maximum atomic E-state index is 12.4. The van der Waals surface area contributed by atoms with Gasteiger partial charge in [0, 0.05) is 22.4 Å². The fourth-order valence-electron chi connectivity index (χ4n) is 2.67. The first-order valence-electron chi connectivity index (χ1n) is 8.69. The molecule has 0 bridgehead atoms. The van der Waals surface area contributed by atoms with Crippen LogP contribution in [0.2, 0.25) is 5.02 Å². The Bertz CT molecular complexity index is 1050. The van der Waals surface area contributed by atoms with Gasteiger partial charge in [0.05, 0.1) is 5.69 Å². The van der Waals surface area contributed by atoms with E-state index in [1.54, 1.807) is 18.2 Å². The van der Waals surface area contributed by atoms with Crippen LogP contribution >= 0.6 is 22.9 Å². The molecule has 2 amide bonds. The second-order valence-electron chi connectivity index (χ2n) is 6.16. The van der Waals surface area contributed by atoms with Crippen molar-refractivity contribution in [2.45, 2.75) is 12.8 Å². The van der Waals surface area contributed by atoms with Gasteiger partial charge in [-0.1, -0.05) is 48.0 Å². The minimum Gasteiger partial charge on any atom is -0.478 e. The second kappa shape index (κ2) is 9.36. The van der Waals surface area contributed by atoms with Gasteiger partial charge in [0.15, 0.2) is 0 Å². The molecule has 0 saturated heterocycles. The third kappa shape index (κ3) is 5.43. The lowest BCUT2D eigenvalue weighted by Crippen LogP contribution is -2.16. The number of nitrogens with one attached hydrogen (secondary N) is 2. The zero-order valence-corrected chi connectivity index (χ0v) is 16.7. The first-order chi connectivity index (χ1) is 13.9. The molecule has 0 unspecified atom stereocenters. The Balaban J connectivity index is 1.70. The van der Waals surface area contributed by atoms with Gasteiger partial charge in [-0.3, -0.25) is 9.59 Å². The number of carbonyl (C=O) groups is 3. The van der Waals surface area contributed by atoms with Crippen LogP contribution < -0.4 is 10.6 Å². The van der Waals surface area contributed by atoms with Gasteiger partial charge in [-0.2, -0.15) is 0 Å². The molecule has 0 aliphatic rings. The van der Waals surface area contributed by atoms with Crippen LogP contribution in [-0.2, 0) is 11.2 Å². The van der Waals surface area contributed by atoms with Gasteiger partial charge in [-0.15, -0.1) is 11.3 Å². The molecule has 29 heavy (non-hydrogen) atoms. The third-order valence-electron chi connectivity index (χ3n) is 4.08. The zero-order chi connectivity index (χ0) is 20.8. The van der Waals surface area contributed by atoms with E-state index in [-0.39, 0.29) is 28.6 Å². The van der Waals surface area contributed by atoms with Crippen LogP contribution in [0.1, 0.15) is 32.7 Å². The van der Waals surface area contributed by atoms with Crippen molar-refractivity contribution in [2.75, 3.05) is 10.6 Å². The van der Waals surface area contributed by atoms with Crippen molar-refractivity contribution in [3.63, 3.8) is 0 Å². The van der Waals surface area contributed by atoms with E-state index in [1.807, 2.05) is 30.3 Å². The zero-order valence-electron chi connectivity index (χ0n) is 15.1. The summed E-state index contributed by atoms with van der Waals surface area (Å²) in [5.74, 6) is -2.04. The van der Waals surface area contributed by atoms with E-state index in [2.05, 4.69) is 10.6 Å². The number of amides is 2. The number of halogens is 1. The summed E-state index contributed by atoms with van der Waals surface area (Å²) >= 11 is 6.93. The van der Waals surface area contributed by atoms with Crippen LogP contribution in [0.15, 0.2) is 60.0 Å². The van der Waals surface area contributed by atoms with Gasteiger partial charge in [0.1, 0.15) is 10.6 Å². The molecule has 1 aromatic heterocycles. The lowest BCUT2D eigenvalue weighted by Gasteiger charge is -2.07. The number of rotatable bonds is 7. The van der Waals surface area contributed by atoms with Crippen LogP contribution in [0.3, 0.4) is 0 Å². The summed E-state index contributed by atoms with van der Waals surface area (Å²) in [7, 11) is 0. The molecule has 6 nitrogen and oxygen atoms in total. The summed E-state index contributed by atoms with van der Waals surface area (Å²) < 4.78 is 0. The molecule has 0 aliphatic heterocycles. The predicted octanol–water partition coefficient (Wildman–Crippen LogP) is 4.92. The van der Waals surface area contributed by atoms with E-state index < -0.39 is 11.9 Å². The molecular weight excluding hydrogens is 412 g/mol. The molecule has 2 aromatic carbocycles. The molecule has 3 aromatic rings. The number of aromatic carboxylic acids is 1. The normalized spacial score (nSPS) is 10.4. The quantitative estimate of drug-likeness (QED) is 0.497. The Kier molecular flexibility index (Phi) is 6.64. The summed E-state index contributed by atoms with van der Waals surface area (Å²) in [5.41, 5.74) is 1.28. The van der Waals surface area contributed by atoms with Crippen molar-refractivity contribution in [3.8, 4) is 0 Å². The van der Waals surface area contributed by atoms with Crippen LogP contribution in [0.25, 0.3) is 0 Å². The SMILES string of the molecule is O=C(CCc1ccccc1)Nc1scc(NC(=O)c2cccc(Cl)c2)c1C(=O)O. The highest BCUT2D eigenvalue weighted by Gasteiger charge is 2.22. The topological polar surface area (TPSA) is 95.5 Å². The van der Waals surface area contributed by atoms with Crippen LogP contribution in [0, 0.1) is 0 Å². The lowest BCUT2D eigenvalue weighted by molar-refractivity contribution is -0.116. The van der Waals surface area contributed by atoms with Crippen LogP contribution in [-0.4, -0.2) is 22.9 Å². The molecule has 0 radical (unpaired) electrons. The molecule has 148 valence electrons. The maximum Gasteiger partial charge on any atom is 0.340 e. The highest BCUT2D eigenvalue weighted by molar-refractivity contribution is 7.15. The fraction of sp³-hybridized carbons (Fsp3) is 0.0952. The molecule has 1 heterocycles. The highest BCUT2D eigenvalue weighted by atomic mass is 35.5. The molecule has 3 rings (SSSR count). The van der Waals surface area contributed by atoms with Crippen molar-refractivity contribution >= 4 is 51.4 Å². The lowest BCUT2D eigenvalue weighted by atomic mass is 10.1. The van der Waals surface area contributed by atoms with E-state index in [0.717, 1.165) is 16.9 Å². The fourth-order valence-corrected chi connectivity index (χ4v) is 3.76. The minimum absolute atomic E-state index is 0.117. The highest BCUT2D eigenvalue weighted by Crippen LogP contribution is 2.33. The number of carboxylic acids is 1. The van der Waals surface area contributed by atoms with Gasteiger partial charge in [-0.05, 0) is 30.2 Å². The van der Waals surface area contributed by atoms with Crippen molar-refractivity contribution in [2.24, 2.45) is 0 Å². The Labute approximate surface area is 176 Å². The monoisotopic (exact) mass is 428 g/mol. The molecule has 0 spiro atoms. The molecule has 0 atom stereocenters. The molecular formula is C21H17ClN2O4S. The molecule has 0 fully saturated rings. The van der Waals surface area contributed by atoms with Crippen molar-refractivity contribution in [3.05, 3.63) is 81.7 Å². The van der Waals surface area contributed by atoms with Crippen LogP contribution in [0.4, 0.5) is 10.7 Å². The third-order valence-corrected chi connectivity index (χ3v) is 5.21.